The zero-order valence-electron chi connectivity index (χ0n) is 12.7. The number of hydrogen-bond donors (Lipinski definition) is 0. The van der Waals surface area contributed by atoms with Crippen molar-refractivity contribution in [3.63, 3.8) is 0 Å². The summed E-state index contributed by atoms with van der Waals surface area (Å²) in [4.78, 5) is 23.3. The van der Waals surface area contributed by atoms with Gasteiger partial charge in [-0.3, -0.25) is 14.9 Å². The van der Waals surface area contributed by atoms with Gasteiger partial charge in [-0.1, -0.05) is 15.9 Å². The van der Waals surface area contributed by atoms with E-state index in [1.165, 1.54) is 6.07 Å². The van der Waals surface area contributed by atoms with Crippen molar-refractivity contribution in [2.45, 2.75) is 6.54 Å². The number of rotatable bonds is 6. The lowest BCUT2D eigenvalue weighted by Gasteiger charge is -2.21. The highest BCUT2D eigenvalue weighted by molar-refractivity contribution is 9.10. The van der Waals surface area contributed by atoms with Gasteiger partial charge in [-0.15, -0.1) is 0 Å². The van der Waals surface area contributed by atoms with Crippen LogP contribution in [0.1, 0.15) is 15.9 Å². The third-order valence-electron chi connectivity index (χ3n) is 3.39. The van der Waals surface area contributed by atoms with Crippen LogP contribution in [0.3, 0.4) is 0 Å². The molecule has 7 heteroatoms. The minimum atomic E-state index is -0.489. The Balaban J connectivity index is 2.38. The van der Waals surface area contributed by atoms with Gasteiger partial charge in [-0.25, -0.2) is 0 Å². The van der Waals surface area contributed by atoms with E-state index in [0.29, 0.717) is 24.3 Å². The van der Waals surface area contributed by atoms with E-state index in [4.69, 9.17) is 4.74 Å². The minimum absolute atomic E-state index is 0.105. The lowest BCUT2D eigenvalue weighted by Crippen LogP contribution is -2.18. The van der Waals surface area contributed by atoms with E-state index >= 15 is 0 Å². The van der Waals surface area contributed by atoms with E-state index < -0.39 is 4.92 Å². The molecule has 0 unspecified atom stereocenters. The van der Waals surface area contributed by atoms with Crippen molar-refractivity contribution < 1.29 is 14.5 Å². The van der Waals surface area contributed by atoms with Crippen LogP contribution in [0, 0.1) is 10.1 Å². The summed E-state index contributed by atoms with van der Waals surface area (Å²) < 4.78 is 6.22. The number of nitro groups is 1. The predicted molar refractivity (Wildman–Crippen MR) is 91.3 cm³/mol. The Morgan fingerprint density at radius 1 is 1.30 bits per heavy atom. The van der Waals surface area contributed by atoms with Gasteiger partial charge < -0.3 is 9.64 Å². The minimum Gasteiger partial charge on any atom is -0.496 e. The standard InChI is InChI=1S/C16H15BrN2O4/c1-18(9-12-8-13(17)4-6-16(12)23-2)14-5-3-11(10-20)7-15(14)19(21)22/h3-8,10H,9H2,1-2H3. The van der Waals surface area contributed by atoms with Crippen LogP contribution in [-0.2, 0) is 6.54 Å². The predicted octanol–water partition coefficient (Wildman–Crippen LogP) is 3.81. The third-order valence-corrected chi connectivity index (χ3v) is 3.89. The van der Waals surface area contributed by atoms with E-state index in [1.807, 2.05) is 18.2 Å². The van der Waals surface area contributed by atoms with Gasteiger partial charge in [0.25, 0.3) is 5.69 Å². The first-order valence-electron chi connectivity index (χ1n) is 6.73. The van der Waals surface area contributed by atoms with Gasteiger partial charge in [0.1, 0.15) is 17.7 Å². The molecule has 2 rings (SSSR count). The number of halogens is 1. The quantitative estimate of drug-likeness (QED) is 0.434. The van der Waals surface area contributed by atoms with Crippen LogP contribution >= 0.6 is 15.9 Å². The van der Waals surface area contributed by atoms with Gasteiger partial charge in [0.2, 0.25) is 0 Å². The van der Waals surface area contributed by atoms with Crippen molar-refractivity contribution in [1.82, 2.24) is 0 Å². The number of benzene rings is 2. The normalized spacial score (nSPS) is 10.2. The number of methoxy groups -OCH3 is 1. The van der Waals surface area contributed by atoms with Gasteiger partial charge in [0.05, 0.1) is 12.0 Å². The van der Waals surface area contributed by atoms with E-state index in [1.54, 1.807) is 31.2 Å². The number of hydrogen-bond acceptors (Lipinski definition) is 5. The second kappa shape index (κ2) is 7.23. The van der Waals surface area contributed by atoms with Crippen molar-refractivity contribution >= 4 is 33.6 Å². The second-order valence-electron chi connectivity index (χ2n) is 4.94. The lowest BCUT2D eigenvalue weighted by molar-refractivity contribution is -0.384. The van der Waals surface area contributed by atoms with Crippen LogP contribution in [0.5, 0.6) is 5.75 Å². The van der Waals surface area contributed by atoms with Crippen molar-refractivity contribution in [1.29, 1.82) is 0 Å². The highest BCUT2D eigenvalue weighted by Gasteiger charge is 2.19. The van der Waals surface area contributed by atoms with Crippen molar-refractivity contribution in [3.8, 4) is 5.75 Å². The molecule has 0 aliphatic rings. The van der Waals surface area contributed by atoms with Gasteiger partial charge in [0.15, 0.2) is 0 Å². The van der Waals surface area contributed by atoms with E-state index in [2.05, 4.69) is 15.9 Å². The number of ether oxygens (including phenoxy) is 1. The molecule has 0 saturated heterocycles. The molecule has 0 bridgehead atoms. The summed E-state index contributed by atoms with van der Waals surface area (Å²) >= 11 is 3.41. The Morgan fingerprint density at radius 2 is 2.04 bits per heavy atom. The molecule has 0 aromatic heterocycles. The SMILES string of the molecule is COc1ccc(Br)cc1CN(C)c1ccc(C=O)cc1[N+](=O)[O-]. The van der Waals surface area contributed by atoms with Crippen molar-refractivity contribution in [2.24, 2.45) is 0 Å². The van der Waals surface area contributed by atoms with E-state index in [-0.39, 0.29) is 11.3 Å². The first-order chi connectivity index (χ1) is 11.0. The molecule has 2 aromatic carbocycles. The fourth-order valence-corrected chi connectivity index (χ4v) is 2.70. The summed E-state index contributed by atoms with van der Waals surface area (Å²) in [7, 11) is 3.33. The maximum absolute atomic E-state index is 11.3. The molecular weight excluding hydrogens is 364 g/mol. The summed E-state index contributed by atoms with van der Waals surface area (Å²) in [6.07, 6.45) is 0.591. The smallest absolute Gasteiger partial charge is 0.293 e. The van der Waals surface area contributed by atoms with Crippen LogP contribution in [0.4, 0.5) is 11.4 Å². The number of aldehydes is 1. The first-order valence-corrected chi connectivity index (χ1v) is 7.52. The molecule has 6 nitrogen and oxygen atoms in total. The summed E-state index contributed by atoms with van der Waals surface area (Å²) in [5.41, 5.74) is 1.49. The maximum atomic E-state index is 11.3. The molecule has 0 heterocycles. The molecule has 120 valence electrons. The highest BCUT2D eigenvalue weighted by atomic mass is 79.9. The van der Waals surface area contributed by atoms with Crippen LogP contribution in [0.15, 0.2) is 40.9 Å². The second-order valence-corrected chi connectivity index (χ2v) is 5.85. The number of nitrogens with zero attached hydrogens (tertiary/aromatic N) is 2. The van der Waals surface area contributed by atoms with E-state index in [0.717, 1.165) is 10.0 Å². The Morgan fingerprint density at radius 3 is 2.65 bits per heavy atom. The molecule has 23 heavy (non-hydrogen) atoms. The zero-order valence-corrected chi connectivity index (χ0v) is 14.2. The van der Waals surface area contributed by atoms with E-state index in [9.17, 15) is 14.9 Å². The summed E-state index contributed by atoms with van der Waals surface area (Å²) in [5.74, 6) is 0.701. The molecule has 0 spiro atoms. The van der Waals surface area contributed by atoms with Crippen LogP contribution in [0.25, 0.3) is 0 Å². The largest absolute Gasteiger partial charge is 0.496 e. The summed E-state index contributed by atoms with van der Waals surface area (Å²) in [6.45, 7) is 0.421. The fraction of sp³-hybridized carbons (Fsp3) is 0.188. The molecule has 0 radical (unpaired) electrons. The Kier molecular flexibility index (Phi) is 5.33. The molecule has 0 aliphatic heterocycles. The van der Waals surface area contributed by atoms with Gasteiger partial charge >= 0.3 is 0 Å². The number of anilines is 1. The summed E-state index contributed by atoms with van der Waals surface area (Å²) in [6, 6.07) is 10.0. The lowest BCUT2D eigenvalue weighted by atomic mass is 10.1. The highest BCUT2D eigenvalue weighted by Crippen LogP contribution is 2.31. The van der Waals surface area contributed by atoms with Crippen molar-refractivity contribution in [2.75, 3.05) is 19.1 Å². The van der Waals surface area contributed by atoms with Gasteiger partial charge in [-0.2, -0.15) is 0 Å². The molecule has 0 fully saturated rings. The topological polar surface area (TPSA) is 72.7 Å². The number of carbonyl (C=O) groups excluding carboxylic acids is 1. The average Bonchev–Trinajstić information content (AvgIpc) is 2.54. The molecule has 2 aromatic rings. The van der Waals surface area contributed by atoms with Gasteiger partial charge in [-0.05, 0) is 30.3 Å². The maximum Gasteiger partial charge on any atom is 0.293 e. The monoisotopic (exact) mass is 378 g/mol. The number of carbonyl (C=O) groups is 1. The summed E-state index contributed by atoms with van der Waals surface area (Å²) in [5, 5.41) is 11.3. The third kappa shape index (κ3) is 3.87. The Hall–Kier alpha value is -2.41. The zero-order chi connectivity index (χ0) is 17.0. The fourth-order valence-electron chi connectivity index (χ4n) is 2.29. The van der Waals surface area contributed by atoms with Crippen LogP contribution in [0.2, 0.25) is 0 Å². The molecule has 0 amide bonds. The van der Waals surface area contributed by atoms with Crippen LogP contribution < -0.4 is 9.64 Å². The molecule has 0 N–H and O–H groups in total. The first kappa shape index (κ1) is 17.0. The van der Waals surface area contributed by atoms with Gasteiger partial charge in [0, 0.05) is 35.3 Å². The van der Waals surface area contributed by atoms with Crippen molar-refractivity contribution in [3.05, 3.63) is 62.1 Å². The Bertz CT molecular complexity index is 749. The number of nitro benzene ring substituents is 1. The van der Waals surface area contributed by atoms with Crippen LogP contribution in [-0.4, -0.2) is 25.4 Å². The Labute approximate surface area is 142 Å². The molecule has 0 aliphatic carbocycles. The molecular formula is C16H15BrN2O4. The molecule has 0 atom stereocenters. The average molecular weight is 379 g/mol. The molecule has 0 saturated carbocycles.